The highest BCUT2D eigenvalue weighted by Crippen LogP contribution is 2.16. The molecule has 0 aliphatic carbocycles. The maximum absolute atomic E-state index is 11.2. The van der Waals surface area contributed by atoms with Crippen LogP contribution in [0.4, 0.5) is 4.79 Å². The Morgan fingerprint density at radius 3 is 2.75 bits per heavy atom. The van der Waals surface area contributed by atoms with Gasteiger partial charge in [0.2, 0.25) is 5.91 Å². The molecule has 1 rings (SSSR count). The zero-order valence-electron chi connectivity index (χ0n) is 7.04. The van der Waals surface area contributed by atoms with Crippen LogP contribution in [0, 0.1) is 0 Å². The van der Waals surface area contributed by atoms with E-state index in [1.165, 1.54) is 4.90 Å². The smallest absolute Gasteiger partial charge is 0.315 e. The van der Waals surface area contributed by atoms with Crippen LogP contribution in [0.5, 0.6) is 0 Å². The highest BCUT2D eigenvalue weighted by Gasteiger charge is 2.31. The van der Waals surface area contributed by atoms with Gasteiger partial charge >= 0.3 is 6.03 Å². The number of carbonyl (C=O) groups excluding carboxylic acids is 2. The van der Waals surface area contributed by atoms with Gasteiger partial charge in [-0.05, 0) is 12.8 Å². The van der Waals surface area contributed by atoms with Crippen molar-refractivity contribution in [3.63, 3.8) is 0 Å². The highest BCUT2D eigenvalue weighted by atomic mass is 16.2. The molecule has 1 aliphatic heterocycles. The topological polar surface area (TPSA) is 75.4 Å². The van der Waals surface area contributed by atoms with Crippen LogP contribution >= 0.6 is 0 Å². The lowest BCUT2D eigenvalue weighted by molar-refractivity contribution is -0.124. The second kappa shape index (κ2) is 3.42. The molecule has 0 bridgehead atoms. The number of amides is 3. The van der Waals surface area contributed by atoms with Crippen LogP contribution in [0.15, 0.2) is 0 Å². The lowest BCUT2D eigenvalue weighted by Gasteiger charge is -2.20. The molecule has 1 unspecified atom stereocenters. The van der Waals surface area contributed by atoms with Crippen molar-refractivity contribution in [3.8, 4) is 0 Å². The van der Waals surface area contributed by atoms with Crippen molar-refractivity contribution in [1.29, 1.82) is 0 Å². The third kappa shape index (κ3) is 1.49. The summed E-state index contributed by atoms with van der Waals surface area (Å²) in [6.07, 6.45) is 1.56. The van der Waals surface area contributed by atoms with E-state index in [0.717, 1.165) is 6.42 Å². The fourth-order valence-corrected chi connectivity index (χ4v) is 1.47. The molecule has 1 aliphatic rings. The number of likely N-dealkylation sites (N-methyl/N-ethyl adjacent to an activating group) is 1. The maximum atomic E-state index is 11.2. The van der Waals surface area contributed by atoms with Gasteiger partial charge in [-0.2, -0.15) is 0 Å². The lowest BCUT2D eigenvalue weighted by atomic mass is 10.2. The van der Waals surface area contributed by atoms with E-state index in [-0.39, 0.29) is 11.9 Å². The molecular formula is C7H13N3O2. The number of hydrogen-bond acceptors (Lipinski definition) is 2. The van der Waals surface area contributed by atoms with E-state index in [0.29, 0.717) is 13.0 Å². The second-order valence-electron chi connectivity index (χ2n) is 2.80. The van der Waals surface area contributed by atoms with Crippen LogP contribution in [0.3, 0.4) is 0 Å². The Balaban J connectivity index is 2.63. The maximum Gasteiger partial charge on any atom is 0.315 e. The highest BCUT2D eigenvalue weighted by molar-refractivity contribution is 5.86. The van der Waals surface area contributed by atoms with E-state index in [1.807, 2.05) is 0 Å². The van der Waals surface area contributed by atoms with Crippen LogP contribution in [0.1, 0.15) is 12.8 Å². The predicted octanol–water partition coefficient (Wildman–Crippen LogP) is -0.724. The molecule has 12 heavy (non-hydrogen) atoms. The molecule has 0 radical (unpaired) electrons. The number of nitrogens with one attached hydrogen (secondary N) is 1. The molecule has 1 saturated heterocycles. The van der Waals surface area contributed by atoms with Gasteiger partial charge in [0, 0.05) is 13.6 Å². The van der Waals surface area contributed by atoms with Crippen molar-refractivity contribution in [2.75, 3.05) is 13.6 Å². The fourth-order valence-electron chi connectivity index (χ4n) is 1.47. The minimum Gasteiger partial charge on any atom is -0.357 e. The van der Waals surface area contributed by atoms with Crippen molar-refractivity contribution < 1.29 is 9.59 Å². The van der Waals surface area contributed by atoms with Crippen molar-refractivity contribution in [2.45, 2.75) is 18.9 Å². The standard InChI is InChI=1S/C7H13N3O2/c1-9-6(11)5-3-2-4-10(5)7(8)12/h5H,2-4H2,1H3,(H2,8,12)(H,9,11). The third-order valence-corrected chi connectivity index (χ3v) is 2.08. The van der Waals surface area contributed by atoms with Crippen molar-refractivity contribution >= 4 is 11.9 Å². The molecule has 1 fully saturated rings. The van der Waals surface area contributed by atoms with E-state index < -0.39 is 6.03 Å². The van der Waals surface area contributed by atoms with Gasteiger partial charge in [0.15, 0.2) is 0 Å². The van der Waals surface area contributed by atoms with Gasteiger partial charge in [0.05, 0.1) is 0 Å². The first kappa shape index (κ1) is 8.83. The molecule has 3 amide bonds. The summed E-state index contributed by atoms with van der Waals surface area (Å²) in [5.41, 5.74) is 5.09. The summed E-state index contributed by atoms with van der Waals surface area (Å²) in [6.45, 7) is 0.591. The van der Waals surface area contributed by atoms with Crippen LogP contribution in [-0.2, 0) is 4.79 Å². The van der Waals surface area contributed by atoms with Crippen LogP contribution in [-0.4, -0.2) is 36.5 Å². The Kier molecular flexibility index (Phi) is 2.52. The van der Waals surface area contributed by atoms with Crippen molar-refractivity contribution in [3.05, 3.63) is 0 Å². The molecule has 5 nitrogen and oxygen atoms in total. The first-order valence-corrected chi connectivity index (χ1v) is 3.94. The second-order valence-corrected chi connectivity index (χ2v) is 2.80. The van der Waals surface area contributed by atoms with Gasteiger partial charge in [-0.25, -0.2) is 4.79 Å². The Bertz CT molecular complexity index is 205. The summed E-state index contributed by atoms with van der Waals surface area (Å²) in [7, 11) is 1.56. The molecule has 5 heteroatoms. The van der Waals surface area contributed by atoms with Crippen molar-refractivity contribution in [1.82, 2.24) is 10.2 Å². The van der Waals surface area contributed by atoms with Gasteiger partial charge in [-0.15, -0.1) is 0 Å². The summed E-state index contributed by atoms with van der Waals surface area (Å²) in [5.74, 6) is -0.133. The van der Waals surface area contributed by atoms with Gasteiger partial charge in [0.1, 0.15) is 6.04 Å². The summed E-state index contributed by atoms with van der Waals surface area (Å²) >= 11 is 0. The number of nitrogens with two attached hydrogens (primary N) is 1. The Morgan fingerprint density at radius 2 is 2.25 bits per heavy atom. The zero-order chi connectivity index (χ0) is 9.14. The van der Waals surface area contributed by atoms with E-state index in [4.69, 9.17) is 5.73 Å². The largest absolute Gasteiger partial charge is 0.357 e. The predicted molar refractivity (Wildman–Crippen MR) is 43.4 cm³/mol. The summed E-state index contributed by atoms with van der Waals surface area (Å²) < 4.78 is 0. The average Bonchev–Trinajstić information content (AvgIpc) is 2.50. The number of urea groups is 1. The number of carbonyl (C=O) groups is 2. The zero-order valence-corrected chi connectivity index (χ0v) is 7.04. The molecule has 0 aromatic rings. The first-order valence-electron chi connectivity index (χ1n) is 3.94. The average molecular weight is 171 g/mol. The summed E-state index contributed by atoms with van der Waals surface area (Å²) in [6, 6.07) is -0.867. The third-order valence-electron chi connectivity index (χ3n) is 2.08. The van der Waals surface area contributed by atoms with Crippen molar-refractivity contribution in [2.24, 2.45) is 5.73 Å². The molecule has 0 spiro atoms. The minimum absolute atomic E-state index is 0.133. The van der Waals surface area contributed by atoms with Crippen LogP contribution in [0.25, 0.3) is 0 Å². The van der Waals surface area contributed by atoms with E-state index in [9.17, 15) is 9.59 Å². The Labute approximate surface area is 70.9 Å². The number of hydrogen-bond donors (Lipinski definition) is 2. The molecule has 0 saturated carbocycles. The Hall–Kier alpha value is -1.26. The summed E-state index contributed by atoms with van der Waals surface area (Å²) in [5, 5.41) is 2.50. The normalized spacial score (nSPS) is 22.4. The van der Waals surface area contributed by atoms with E-state index >= 15 is 0 Å². The Morgan fingerprint density at radius 1 is 1.58 bits per heavy atom. The quantitative estimate of drug-likeness (QED) is 0.546. The van der Waals surface area contributed by atoms with E-state index in [1.54, 1.807) is 7.05 Å². The van der Waals surface area contributed by atoms with Gasteiger partial charge < -0.3 is 16.0 Å². The molecule has 0 aromatic carbocycles. The molecule has 1 atom stereocenters. The molecule has 1 heterocycles. The lowest BCUT2D eigenvalue weighted by Crippen LogP contribution is -2.47. The number of nitrogens with zero attached hydrogens (tertiary/aromatic N) is 1. The van der Waals surface area contributed by atoms with E-state index in [2.05, 4.69) is 5.32 Å². The van der Waals surface area contributed by atoms with Gasteiger partial charge in [0.25, 0.3) is 0 Å². The molecule has 68 valence electrons. The van der Waals surface area contributed by atoms with Gasteiger partial charge in [-0.1, -0.05) is 0 Å². The molecule has 3 N–H and O–H groups in total. The minimum atomic E-state index is -0.513. The number of likely N-dealkylation sites (tertiary alicyclic amines) is 1. The number of primary amides is 1. The molecular weight excluding hydrogens is 158 g/mol. The fraction of sp³-hybridized carbons (Fsp3) is 0.714. The van der Waals surface area contributed by atoms with Gasteiger partial charge in [-0.3, -0.25) is 4.79 Å². The summed E-state index contributed by atoms with van der Waals surface area (Å²) in [4.78, 5) is 23.4. The molecule has 0 aromatic heterocycles. The van der Waals surface area contributed by atoms with Crippen LogP contribution < -0.4 is 11.1 Å². The number of rotatable bonds is 1. The first-order chi connectivity index (χ1) is 5.66. The SMILES string of the molecule is CNC(=O)C1CCCN1C(N)=O. The monoisotopic (exact) mass is 171 g/mol. The van der Waals surface area contributed by atoms with Crippen LogP contribution in [0.2, 0.25) is 0 Å².